The molecule has 0 bridgehead atoms. The van der Waals surface area contributed by atoms with Crippen molar-refractivity contribution in [2.45, 2.75) is 6.54 Å². The molecule has 2 aromatic carbocycles. The summed E-state index contributed by atoms with van der Waals surface area (Å²) in [5, 5.41) is 3.40. The van der Waals surface area contributed by atoms with Gasteiger partial charge < -0.3 is 19.5 Å². The lowest BCUT2D eigenvalue weighted by molar-refractivity contribution is -0.123. The summed E-state index contributed by atoms with van der Waals surface area (Å²) in [6.07, 6.45) is 0. The lowest BCUT2D eigenvalue weighted by Gasteiger charge is -2.13. The van der Waals surface area contributed by atoms with E-state index in [2.05, 4.69) is 5.32 Å². The predicted molar refractivity (Wildman–Crippen MR) is 88.3 cm³/mol. The smallest absolute Gasteiger partial charge is 0.258 e. The molecule has 0 aliphatic carbocycles. The maximum Gasteiger partial charge on any atom is 0.258 e. The number of amides is 1. The number of rotatable bonds is 7. The summed E-state index contributed by atoms with van der Waals surface area (Å²) in [4.78, 5) is 11.9. The number of hydrogen-bond acceptors (Lipinski definition) is 4. The number of carbonyl (C=O) groups excluding carboxylic acids is 1. The minimum atomic E-state index is -0.232. The summed E-state index contributed by atoms with van der Waals surface area (Å²) in [5.74, 6) is 1.58. The van der Waals surface area contributed by atoms with Crippen molar-refractivity contribution in [1.29, 1.82) is 0 Å². The second-order valence-electron chi connectivity index (χ2n) is 4.67. The van der Waals surface area contributed by atoms with Crippen molar-refractivity contribution in [3.63, 3.8) is 0 Å². The normalized spacial score (nSPS) is 10.0. The summed E-state index contributed by atoms with van der Waals surface area (Å²) in [5.41, 5.74) is 0.826. The van der Waals surface area contributed by atoms with Gasteiger partial charge in [-0.3, -0.25) is 4.79 Å². The summed E-state index contributed by atoms with van der Waals surface area (Å²) >= 11 is 5.79. The van der Waals surface area contributed by atoms with Gasteiger partial charge in [-0.2, -0.15) is 0 Å². The van der Waals surface area contributed by atoms with Gasteiger partial charge in [-0.05, 0) is 30.3 Å². The van der Waals surface area contributed by atoms with Crippen LogP contribution < -0.4 is 19.5 Å². The van der Waals surface area contributed by atoms with Gasteiger partial charge >= 0.3 is 0 Å². The Labute approximate surface area is 140 Å². The molecule has 0 spiro atoms. The van der Waals surface area contributed by atoms with E-state index in [4.69, 9.17) is 25.8 Å². The summed E-state index contributed by atoms with van der Waals surface area (Å²) in [6, 6.07) is 12.3. The van der Waals surface area contributed by atoms with Crippen LogP contribution in [0, 0.1) is 0 Å². The molecule has 0 aliphatic heterocycles. The second kappa shape index (κ2) is 8.29. The molecule has 0 aliphatic rings. The first-order valence-corrected chi connectivity index (χ1v) is 7.36. The Hall–Kier alpha value is -2.40. The van der Waals surface area contributed by atoms with E-state index in [0.717, 1.165) is 5.56 Å². The van der Waals surface area contributed by atoms with Crippen molar-refractivity contribution in [2.75, 3.05) is 20.8 Å². The van der Waals surface area contributed by atoms with Crippen LogP contribution in [-0.2, 0) is 11.3 Å². The minimum absolute atomic E-state index is 0.0755. The van der Waals surface area contributed by atoms with Crippen LogP contribution in [0.5, 0.6) is 17.2 Å². The molecule has 5 nitrogen and oxygen atoms in total. The third kappa shape index (κ3) is 4.79. The molecular formula is C17H18ClNO4. The van der Waals surface area contributed by atoms with Crippen LogP contribution in [0.25, 0.3) is 0 Å². The molecule has 0 fully saturated rings. The van der Waals surface area contributed by atoms with Gasteiger partial charge in [0, 0.05) is 17.1 Å². The van der Waals surface area contributed by atoms with E-state index in [-0.39, 0.29) is 12.5 Å². The maximum atomic E-state index is 11.9. The van der Waals surface area contributed by atoms with Gasteiger partial charge in [0.15, 0.2) is 18.1 Å². The quantitative estimate of drug-likeness (QED) is 0.845. The highest BCUT2D eigenvalue weighted by Gasteiger charge is 2.10. The highest BCUT2D eigenvalue weighted by Crippen LogP contribution is 2.30. The molecule has 0 atom stereocenters. The molecule has 0 saturated heterocycles. The van der Waals surface area contributed by atoms with E-state index in [1.54, 1.807) is 44.6 Å². The minimum Gasteiger partial charge on any atom is -0.493 e. The third-order valence-corrected chi connectivity index (χ3v) is 3.40. The molecule has 2 rings (SSSR count). The average molecular weight is 336 g/mol. The van der Waals surface area contributed by atoms with Crippen LogP contribution in [0.1, 0.15) is 5.56 Å². The molecule has 0 heterocycles. The van der Waals surface area contributed by atoms with Crippen molar-refractivity contribution >= 4 is 17.5 Å². The number of hydrogen-bond donors (Lipinski definition) is 1. The summed E-state index contributed by atoms with van der Waals surface area (Å²) in [7, 11) is 3.13. The van der Waals surface area contributed by atoms with Gasteiger partial charge in [0.25, 0.3) is 5.91 Å². The molecule has 0 aromatic heterocycles. The molecular weight excluding hydrogens is 318 g/mol. The van der Waals surface area contributed by atoms with Gasteiger partial charge in [0.2, 0.25) is 0 Å². The lowest BCUT2D eigenvalue weighted by Crippen LogP contribution is -2.28. The molecule has 23 heavy (non-hydrogen) atoms. The first-order chi connectivity index (χ1) is 11.1. The SMILES string of the molecule is COc1cccc(CNC(=O)COc2ccc(Cl)cc2)c1OC. The van der Waals surface area contributed by atoms with Gasteiger partial charge in [-0.25, -0.2) is 0 Å². The van der Waals surface area contributed by atoms with Gasteiger partial charge in [0.1, 0.15) is 5.75 Å². The topological polar surface area (TPSA) is 56.8 Å². The number of ether oxygens (including phenoxy) is 3. The van der Waals surface area contributed by atoms with Crippen molar-refractivity contribution in [3.05, 3.63) is 53.1 Å². The number of methoxy groups -OCH3 is 2. The predicted octanol–water partition coefficient (Wildman–Crippen LogP) is 3.05. The zero-order valence-corrected chi connectivity index (χ0v) is 13.7. The molecule has 6 heteroatoms. The van der Waals surface area contributed by atoms with E-state index in [1.165, 1.54) is 0 Å². The van der Waals surface area contributed by atoms with Crippen molar-refractivity contribution in [3.8, 4) is 17.2 Å². The Morgan fingerprint density at radius 2 is 1.83 bits per heavy atom. The average Bonchev–Trinajstić information content (AvgIpc) is 2.58. The zero-order valence-electron chi connectivity index (χ0n) is 13.0. The van der Waals surface area contributed by atoms with Gasteiger partial charge in [-0.15, -0.1) is 0 Å². The maximum absolute atomic E-state index is 11.9. The van der Waals surface area contributed by atoms with Gasteiger partial charge in [0.05, 0.1) is 14.2 Å². The number of nitrogens with one attached hydrogen (secondary N) is 1. The molecule has 122 valence electrons. The van der Waals surface area contributed by atoms with Crippen LogP contribution in [0.15, 0.2) is 42.5 Å². The van der Waals surface area contributed by atoms with Crippen LogP contribution in [-0.4, -0.2) is 26.7 Å². The highest BCUT2D eigenvalue weighted by molar-refractivity contribution is 6.30. The number of halogens is 1. The molecule has 0 radical (unpaired) electrons. The number of benzene rings is 2. The van der Waals surface area contributed by atoms with E-state index in [1.807, 2.05) is 12.1 Å². The zero-order chi connectivity index (χ0) is 16.7. The standard InChI is InChI=1S/C17H18ClNO4/c1-21-15-5-3-4-12(17(15)22-2)10-19-16(20)11-23-14-8-6-13(18)7-9-14/h3-9H,10-11H2,1-2H3,(H,19,20). The van der Waals surface area contributed by atoms with Crippen LogP contribution >= 0.6 is 11.6 Å². The van der Waals surface area contributed by atoms with E-state index < -0.39 is 0 Å². The molecule has 1 amide bonds. The Morgan fingerprint density at radius 3 is 2.48 bits per heavy atom. The van der Waals surface area contributed by atoms with Crippen molar-refractivity contribution < 1.29 is 19.0 Å². The van der Waals surface area contributed by atoms with Crippen molar-refractivity contribution in [1.82, 2.24) is 5.32 Å². The third-order valence-electron chi connectivity index (χ3n) is 3.14. The summed E-state index contributed by atoms with van der Waals surface area (Å²) in [6.45, 7) is 0.247. The number of para-hydroxylation sites is 1. The van der Waals surface area contributed by atoms with Gasteiger partial charge in [-0.1, -0.05) is 23.7 Å². The van der Waals surface area contributed by atoms with Crippen molar-refractivity contribution in [2.24, 2.45) is 0 Å². The van der Waals surface area contributed by atoms with Crippen LogP contribution in [0.2, 0.25) is 5.02 Å². The Kier molecular flexibility index (Phi) is 6.11. The van der Waals surface area contributed by atoms with E-state index in [9.17, 15) is 4.79 Å². The first-order valence-electron chi connectivity index (χ1n) is 6.99. The number of carbonyl (C=O) groups is 1. The van der Waals surface area contributed by atoms with Crippen LogP contribution in [0.4, 0.5) is 0 Å². The van der Waals surface area contributed by atoms with E-state index >= 15 is 0 Å². The van der Waals surface area contributed by atoms with E-state index in [0.29, 0.717) is 28.8 Å². The molecule has 1 N–H and O–H groups in total. The fourth-order valence-electron chi connectivity index (χ4n) is 2.02. The Morgan fingerprint density at radius 1 is 1.09 bits per heavy atom. The molecule has 0 unspecified atom stereocenters. The fraction of sp³-hybridized carbons (Fsp3) is 0.235. The Balaban J connectivity index is 1.88. The Bertz CT molecular complexity index is 658. The van der Waals surface area contributed by atoms with Crippen LogP contribution in [0.3, 0.4) is 0 Å². The lowest BCUT2D eigenvalue weighted by atomic mass is 10.2. The monoisotopic (exact) mass is 335 g/mol. The largest absolute Gasteiger partial charge is 0.493 e. The molecule has 0 saturated carbocycles. The fourth-order valence-corrected chi connectivity index (χ4v) is 2.14. The molecule has 2 aromatic rings. The first kappa shape index (κ1) is 17.0. The second-order valence-corrected chi connectivity index (χ2v) is 5.11. The highest BCUT2D eigenvalue weighted by atomic mass is 35.5. The summed E-state index contributed by atoms with van der Waals surface area (Å²) < 4.78 is 15.9.